The maximum absolute atomic E-state index is 13.3. The van der Waals surface area contributed by atoms with Crippen LogP contribution in [-0.2, 0) is 26.2 Å². The van der Waals surface area contributed by atoms with Gasteiger partial charge in [-0.05, 0) is 51.8 Å². The number of hydrogen-bond acceptors (Lipinski definition) is 5. The lowest BCUT2D eigenvalue weighted by Gasteiger charge is -2.32. The number of amides is 2. The van der Waals surface area contributed by atoms with E-state index in [0.29, 0.717) is 11.4 Å². The van der Waals surface area contributed by atoms with E-state index in [4.69, 9.17) is 4.74 Å². The summed E-state index contributed by atoms with van der Waals surface area (Å²) in [6.07, 6.45) is 1.49. The minimum Gasteiger partial charge on any atom is -0.495 e. The third kappa shape index (κ3) is 8.58. The van der Waals surface area contributed by atoms with Gasteiger partial charge in [0.15, 0.2) is 0 Å². The van der Waals surface area contributed by atoms with Crippen LogP contribution in [0.5, 0.6) is 5.75 Å². The van der Waals surface area contributed by atoms with Gasteiger partial charge in [-0.1, -0.05) is 42.5 Å². The molecule has 8 nitrogen and oxygen atoms in total. The van der Waals surface area contributed by atoms with Gasteiger partial charge in [-0.3, -0.25) is 13.9 Å². The Hall–Kier alpha value is -3.07. The van der Waals surface area contributed by atoms with Crippen molar-refractivity contribution in [1.82, 2.24) is 10.2 Å². The molecule has 1 N–H and O–H groups in total. The molecule has 0 saturated heterocycles. The minimum atomic E-state index is -3.60. The Morgan fingerprint density at radius 3 is 2.20 bits per heavy atom. The van der Waals surface area contributed by atoms with E-state index in [1.165, 1.54) is 11.4 Å². The predicted octanol–water partition coefficient (Wildman–Crippen LogP) is 3.57. The van der Waals surface area contributed by atoms with Crippen LogP contribution in [0.4, 0.5) is 5.69 Å². The highest BCUT2D eigenvalue weighted by Gasteiger charge is 2.29. The van der Waals surface area contributed by atoms with E-state index >= 15 is 0 Å². The van der Waals surface area contributed by atoms with Crippen LogP contribution in [0.3, 0.4) is 0 Å². The third-order valence-corrected chi connectivity index (χ3v) is 6.55. The van der Waals surface area contributed by atoms with Gasteiger partial charge in [-0.25, -0.2) is 8.42 Å². The summed E-state index contributed by atoms with van der Waals surface area (Å²) in [6.45, 7) is 7.75. The van der Waals surface area contributed by atoms with Crippen molar-refractivity contribution in [2.75, 3.05) is 24.2 Å². The molecule has 0 aliphatic rings. The average Bonchev–Trinajstić information content (AvgIpc) is 2.78. The number of hydrogen-bond donors (Lipinski definition) is 1. The van der Waals surface area contributed by atoms with E-state index < -0.39 is 21.6 Å². The molecule has 0 bridgehead atoms. The first-order valence-corrected chi connectivity index (χ1v) is 13.4. The number of carbonyl (C=O) groups is 2. The Labute approximate surface area is 209 Å². The predicted molar refractivity (Wildman–Crippen MR) is 139 cm³/mol. The molecule has 0 spiro atoms. The van der Waals surface area contributed by atoms with Crippen LogP contribution in [0.1, 0.15) is 46.1 Å². The second-order valence-corrected chi connectivity index (χ2v) is 11.4. The molecular formula is C26H37N3O5S. The number of nitrogens with zero attached hydrogens (tertiary/aromatic N) is 2. The zero-order chi connectivity index (χ0) is 26.2. The molecule has 0 heterocycles. The van der Waals surface area contributed by atoms with Gasteiger partial charge in [-0.2, -0.15) is 0 Å². The van der Waals surface area contributed by atoms with Gasteiger partial charge in [0.05, 0.1) is 19.1 Å². The topological polar surface area (TPSA) is 96.0 Å². The van der Waals surface area contributed by atoms with E-state index in [2.05, 4.69) is 5.32 Å². The molecule has 0 fully saturated rings. The minimum absolute atomic E-state index is 0.0845. The van der Waals surface area contributed by atoms with Gasteiger partial charge in [-0.15, -0.1) is 0 Å². The Morgan fingerprint density at radius 1 is 1.03 bits per heavy atom. The number of methoxy groups -OCH3 is 1. The summed E-state index contributed by atoms with van der Waals surface area (Å²) >= 11 is 0. The lowest BCUT2D eigenvalue weighted by molar-refractivity contribution is -0.141. The third-order valence-electron chi connectivity index (χ3n) is 5.37. The highest BCUT2D eigenvalue weighted by Crippen LogP contribution is 2.29. The maximum atomic E-state index is 13.3. The molecule has 0 saturated carbocycles. The zero-order valence-electron chi connectivity index (χ0n) is 21.4. The van der Waals surface area contributed by atoms with Crippen LogP contribution in [0.2, 0.25) is 0 Å². The number of rotatable bonds is 11. The number of sulfonamides is 1. The molecule has 35 heavy (non-hydrogen) atoms. The molecule has 2 rings (SSSR count). The van der Waals surface area contributed by atoms with E-state index in [-0.39, 0.29) is 37.7 Å². The Balaban J connectivity index is 2.19. The fraction of sp³-hybridized carbons (Fsp3) is 0.462. The SMILES string of the molecule is COc1ccccc1N(CCCC(=O)N(Cc1ccccc1)[C@@H](C)C(=O)NC(C)(C)C)S(C)(=O)=O. The Bertz CT molecular complexity index is 1100. The molecule has 2 aromatic rings. The summed E-state index contributed by atoms with van der Waals surface area (Å²) in [6, 6.07) is 15.6. The fourth-order valence-electron chi connectivity index (χ4n) is 3.66. The summed E-state index contributed by atoms with van der Waals surface area (Å²) < 4.78 is 31.6. The van der Waals surface area contributed by atoms with Gasteiger partial charge in [0.1, 0.15) is 11.8 Å². The number of carbonyl (C=O) groups excluding carboxylic acids is 2. The number of para-hydroxylation sites is 2. The summed E-state index contributed by atoms with van der Waals surface area (Å²) in [7, 11) is -2.12. The first-order chi connectivity index (χ1) is 16.3. The van der Waals surface area contributed by atoms with Crippen molar-refractivity contribution in [2.24, 2.45) is 0 Å². The molecule has 192 valence electrons. The van der Waals surface area contributed by atoms with Crippen molar-refractivity contribution in [3.8, 4) is 5.75 Å². The monoisotopic (exact) mass is 503 g/mol. The van der Waals surface area contributed by atoms with E-state index in [1.54, 1.807) is 36.1 Å². The van der Waals surface area contributed by atoms with Gasteiger partial charge < -0.3 is 15.0 Å². The molecular weight excluding hydrogens is 466 g/mol. The smallest absolute Gasteiger partial charge is 0.242 e. The number of anilines is 1. The van der Waals surface area contributed by atoms with Crippen LogP contribution in [-0.4, -0.2) is 56.6 Å². The lowest BCUT2D eigenvalue weighted by atomic mass is 10.1. The second-order valence-electron chi connectivity index (χ2n) is 9.53. The van der Waals surface area contributed by atoms with Crippen molar-refractivity contribution < 1.29 is 22.7 Å². The van der Waals surface area contributed by atoms with Crippen LogP contribution < -0.4 is 14.4 Å². The summed E-state index contributed by atoms with van der Waals surface area (Å²) in [5, 5.41) is 2.93. The van der Waals surface area contributed by atoms with Crippen LogP contribution in [0, 0.1) is 0 Å². The van der Waals surface area contributed by atoms with Crippen molar-refractivity contribution >= 4 is 27.5 Å². The molecule has 0 unspecified atom stereocenters. The number of ether oxygens (including phenoxy) is 1. The first kappa shape index (κ1) is 28.2. The van der Waals surface area contributed by atoms with Crippen LogP contribution in [0.25, 0.3) is 0 Å². The van der Waals surface area contributed by atoms with Crippen molar-refractivity contribution in [2.45, 2.75) is 58.7 Å². The fourth-order valence-corrected chi connectivity index (χ4v) is 4.62. The van der Waals surface area contributed by atoms with Crippen LogP contribution >= 0.6 is 0 Å². The molecule has 2 aromatic carbocycles. The quantitative estimate of drug-likeness (QED) is 0.506. The molecule has 0 radical (unpaired) electrons. The molecule has 0 aliphatic heterocycles. The first-order valence-electron chi connectivity index (χ1n) is 11.6. The Morgan fingerprint density at radius 2 is 1.63 bits per heavy atom. The zero-order valence-corrected chi connectivity index (χ0v) is 22.3. The number of nitrogens with one attached hydrogen (secondary N) is 1. The van der Waals surface area contributed by atoms with Gasteiger partial charge >= 0.3 is 0 Å². The highest BCUT2D eigenvalue weighted by atomic mass is 32.2. The van der Waals surface area contributed by atoms with E-state index in [0.717, 1.165) is 11.8 Å². The summed E-state index contributed by atoms with van der Waals surface area (Å²) in [4.78, 5) is 27.7. The highest BCUT2D eigenvalue weighted by molar-refractivity contribution is 7.92. The molecule has 0 aliphatic carbocycles. The van der Waals surface area contributed by atoms with Crippen molar-refractivity contribution in [1.29, 1.82) is 0 Å². The standard InChI is InChI=1S/C26H37N3O5S/c1-20(25(31)27-26(2,3)4)28(19-21-13-8-7-9-14-21)24(30)17-12-18-29(35(6,32)33)22-15-10-11-16-23(22)34-5/h7-11,13-16,20H,12,17-19H2,1-6H3,(H,27,31)/t20-/m0/s1. The average molecular weight is 504 g/mol. The van der Waals surface area contributed by atoms with Gasteiger partial charge in [0.25, 0.3) is 0 Å². The van der Waals surface area contributed by atoms with Crippen LogP contribution in [0.15, 0.2) is 54.6 Å². The normalized spacial score (nSPS) is 12.5. The van der Waals surface area contributed by atoms with Crippen molar-refractivity contribution in [3.63, 3.8) is 0 Å². The second kappa shape index (κ2) is 12.1. The van der Waals surface area contributed by atoms with E-state index in [9.17, 15) is 18.0 Å². The lowest BCUT2D eigenvalue weighted by Crippen LogP contribution is -2.52. The molecule has 9 heteroatoms. The van der Waals surface area contributed by atoms with Gasteiger partial charge in [0, 0.05) is 25.0 Å². The van der Waals surface area contributed by atoms with Gasteiger partial charge in [0.2, 0.25) is 21.8 Å². The number of benzene rings is 2. The van der Waals surface area contributed by atoms with E-state index in [1.807, 2.05) is 51.1 Å². The summed E-state index contributed by atoms with van der Waals surface area (Å²) in [5.41, 5.74) is 0.893. The Kier molecular flexibility index (Phi) is 9.71. The molecule has 1 atom stereocenters. The maximum Gasteiger partial charge on any atom is 0.242 e. The summed E-state index contributed by atoms with van der Waals surface area (Å²) in [5.74, 6) is -0.0325. The molecule has 0 aromatic heterocycles. The molecule has 2 amide bonds. The largest absolute Gasteiger partial charge is 0.495 e. The van der Waals surface area contributed by atoms with Crippen molar-refractivity contribution in [3.05, 3.63) is 60.2 Å².